The van der Waals surface area contributed by atoms with Crippen LogP contribution in [0.3, 0.4) is 0 Å². The number of rotatable bonds is 3. The first-order chi connectivity index (χ1) is 8.13. The molecule has 0 bridgehead atoms. The first-order valence-corrected chi connectivity index (χ1v) is 6.13. The molecule has 1 unspecified atom stereocenters. The van der Waals surface area contributed by atoms with Gasteiger partial charge in [-0.1, -0.05) is 33.6 Å². The Labute approximate surface area is 109 Å². The highest BCUT2D eigenvalue weighted by Crippen LogP contribution is 2.28. The van der Waals surface area contributed by atoms with Crippen LogP contribution in [0.1, 0.15) is 22.9 Å². The van der Waals surface area contributed by atoms with Crippen molar-refractivity contribution in [3.8, 4) is 0 Å². The van der Waals surface area contributed by atoms with E-state index in [0.29, 0.717) is 0 Å². The van der Waals surface area contributed by atoms with Crippen molar-refractivity contribution >= 4 is 15.9 Å². The molecule has 90 valence electrons. The highest BCUT2D eigenvalue weighted by atomic mass is 79.9. The summed E-state index contributed by atoms with van der Waals surface area (Å²) < 4.78 is 2.85. The minimum Gasteiger partial charge on any atom is -0.271 e. The van der Waals surface area contributed by atoms with Gasteiger partial charge in [0.1, 0.15) is 0 Å². The van der Waals surface area contributed by atoms with E-state index in [1.54, 1.807) is 6.20 Å². The molecule has 1 heterocycles. The van der Waals surface area contributed by atoms with E-state index >= 15 is 0 Å². The maximum absolute atomic E-state index is 5.67. The van der Waals surface area contributed by atoms with Gasteiger partial charge in [0, 0.05) is 17.7 Å². The molecule has 1 aromatic heterocycles. The molecule has 3 N–H and O–H groups in total. The lowest BCUT2D eigenvalue weighted by Gasteiger charge is -2.18. The van der Waals surface area contributed by atoms with E-state index in [4.69, 9.17) is 5.84 Å². The zero-order chi connectivity index (χ0) is 12.4. The second-order valence-electron chi connectivity index (χ2n) is 4.00. The Kier molecular flexibility index (Phi) is 3.61. The van der Waals surface area contributed by atoms with Crippen molar-refractivity contribution < 1.29 is 0 Å². The number of nitrogens with one attached hydrogen (secondary N) is 1. The molecule has 1 aromatic carbocycles. The van der Waals surface area contributed by atoms with Crippen molar-refractivity contribution in [1.82, 2.24) is 15.2 Å². The highest BCUT2D eigenvalue weighted by molar-refractivity contribution is 9.10. The van der Waals surface area contributed by atoms with Gasteiger partial charge in [0.2, 0.25) is 0 Å². The summed E-state index contributed by atoms with van der Waals surface area (Å²) in [7, 11) is 1.91. The Morgan fingerprint density at radius 1 is 1.41 bits per heavy atom. The molecular formula is C12H15BrN4. The van der Waals surface area contributed by atoms with Gasteiger partial charge in [-0.3, -0.25) is 10.5 Å². The summed E-state index contributed by atoms with van der Waals surface area (Å²) in [6, 6.07) is 8.09. The molecular weight excluding hydrogens is 280 g/mol. The number of nitrogens with two attached hydrogens (primary N) is 1. The van der Waals surface area contributed by atoms with Gasteiger partial charge in [0.15, 0.2) is 0 Å². The summed E-state index contributed by atoms with van der Waals surface area (Å²) in [6.45, 7) is 2.06. The van der Waals surface area contributed by atoms with E-state index in [2.05, 4.69) is 45.5 Å². The molecule has 4 nitrogen and oxygen atoms in total. The fraction of sp³-hybridized carbons (Fsp3) is 0.250. The molecule has 0 spiro atoms. The van der Waals surface area contributed by atoms with E-state index in [9.17, 15) is 0 Å². The standard InChI is InChI=1S/C12H15BrN4/c1-8-3-4-10(13)9(7-8)12(16-14)11-5-6-15-17(11)2/h3-7,12,16H,14H2,1-2H3. The van der Waals surface area contributed by atoms with Crippen molar-refractivity contribution in [3.05, 3.63) is 51.8 Å². The van der Waals surface area contributed by atoms with Crippen molar-refractivity contribution in [3.63, 3.8) is 0 Å². The zero-order valence-corrected chi connectivity index (χ0v) is 11.4. The first-order valence-electron chi connectivity index (χ1n) is 5.33. The topological polar surface area (TPSA) is 55.9 Å². The molecule has 0 saturated carbocycles. The summed E-state index contributed by atoms with van der Waals surface area (Å²) >= 11 is 3.56. The third-order valence-corrected chi connectivity index (χ3v) is 3.51. The molecule has 17 heavy (non-hydrogen) atoms. The average Bonchev–Trinajstić information content (AvgIpc) is 2.71. The number of aromatic nitrogens is 2. The summed E-state index contributed by atoms with van der Waals surface area (Å²) in [6.07, 6.45) is 1.77. The summed E-state index contributed by atoms with van der Waals surface area (Å²) in [5.74, 6) is 5.67. The van der Waals surface area contributed by atoms with Gasteiger partial charge in [-0.2, -0.15) is 5.10 Å². The lowest BCUT2D eigenvalue weighted by Crippen LogP contribution is -2.30. The Morgan fingerprint density at radius 2 is 2.18 bits per heavy atom. The van der Waals surface area contributed by atoms with Crippen LogP contribution in [0.25, 0.3) is 0 Å². The normalized spacial score (nSPS) is 12.7. The Hall–Kier alpha value is -1.17. The molecule has 0 aliphatic rings. The third kappa shape index (κ3) is 2.41. The number of nitrogens with zero attached hydrogens (tertiary/aromatic N) is 2. The predicted octanol–water partition coefficient (Wildman–Crippen LogP) is 2.04. The summed E-state index contributed by atoms with van der Waals surface area (Å²) in [4.78, 5) is 0. The molecule has 0 saturated heterocycles. The molecule has 2 aromatic rings. The fourth-order valence-electron chi connectivity index (χ4n) is 1.89. The summed E-state index contributed by atoms with van der Waals surface area (Å²) in [5, 5.41) is 4.17. The maximum Gasteiger partial charge on any atom is 0.0889 e. The minimum atomic E-state index is -0.0724. The lowest BCUT2D eigenvalue weighted by atomic mass is 10.0. The van der Waals surface area contributed by atoms with Crippen LogP contribution in [-0.4, -0.2) is 9.78 Å². The van der Waals surface area contributed by atoms with Crippen LogP contribution < -0.4 is 11.3 Å². The molecule has 5 heteroatoms. The van der Waals surface area contributed by atoms with E-state index in [-0.39, 0.29) is 6.04 Å². The molecule has 0 aliphatic carbocycles. The van der Waals surface area contributed by atoms with Crippen LogP contribution in [0.2, 0.25) is 0 Å². The minimum absolute atomic E-state index is 0.0724. The number of halogens is 1. The third-order valence-electron chi connectivity index (χ3n) is 2.78. The number of hydrogen-bond donors (Lipinski definition) is 2. The quantitative estimate of drug-likeness (QED) is 0.673. The van der Waals surface area contributed by atoms with Crippen molar-refractivity contribution in [1.29, 1.82) is 0 Å². The molecule has 2 rings (SSSR count). The molecule has 0 radical (unpaired) electrons. The van der Waals surface area contributed by atoms with Gasteiger partial charge >= 0.3 is 0 Å². The van der Waals surface area contributed by atoms with Gasteiger partial charge in [0.25, 0.3) is 0 Å². The van der Waals surface area contributed by atoms with Gasteiger partial charge in [0.05, 0.1) is 11.7 Å². The number of aryl methyl sites for hydroxylation is 2. The number of benzene rings is 1. The average molecular weight is 295 g/mol. The van der Waals surface area contributed by atoms with Gasteiger partial charge < -0.3 is 0 Å². The van der Waals surface area contributed by atoms with E-state index < -0.39 is 0 Å². The predicted molar refractivity (Wildman–Crippen MR) is 71.3 cm³/mol. The van der Waals surface area contributed by atoms with Crippen LogP contribution >= 0.6 is 15.9 Å². The highest BCUT2D eigenvalue weighted by Gasteiger charge is 2.18. The zero-order valence-electron chi connectivity index (χ0n) is 9.81. The monoisotopic (exact) mass is 294 g/mol. The number of hydrazine groups is 1. The van der Waals surface area contributed by atoms with E-state index in [0.717, 1.165) is 15.7 Å². The van der Waals surface area contributed by atoms with Crippen LogP contribution in [0.5, 0.6) is 0 Å². The second kappa shape index (κ2) is 5.00. The summed E-state index contributed by atoms with van der Waals surface area (Å²) in [5.41, 5.74) is 6.17. The van der Waals surface area contributed by atoms with Gasteiger partial charge in [-0.05, 0) is 24.6 Å². The Balaban J connectivity index is 2.49. The Bertz CT molecular complexity index is 521. The van der Waals surface area contributed by atoms with Crippen molar-refractivity contribution in [2.24, 2.45) is 12.9 Å². The number of hydrogen-bond acceptors (Lipinski definition) is 3. The second-order valence-corrected chi connectivity index (χ2v) is 4.86. The van der Waals surface area contributed by atoms with Crippen LogP contribution in [0.4, 0.5) is 0 Å². The SMILES string of the molecule is Cc1ccc(Br)c(C(NN)c2ccnn2C)c1. The molecule has 1 atom stereocenters. The van der Waals surface area contributed by atoms with Crippen LogP contribution in [0.15, 0.2) is 34.9 Å². The first kappa shape index (κ1) is 12.3. The smallest absolute Gasteiger partial charge is 0.0889 e. The van der Waals surface area contributed by atoms with E-state index in [1.807, 2.05) is 23.9 Å². The van der Waals surface area contributed by atoms with Crippen molar-refractivity contribution in [2.75, 3.05) is 0 Å². The van der Waals surface area contributed by atoms with Crippen molar-refractivity contribution in [2.45, 2.75) is 13.0 Å². The van der Waals surface area contributed by atoms with Gasteiger partial charge in [-0.15, -0.1) is 0 Å². The lowest BCUT2D eigenvalue weighted by molar-refractivity contribution is 0.573. The maximum atomic E-state index is 5.67. The van der Waals surface area contributed by atoms with Crippen LogP contribution in [-0.2, 0) is 7.05 Å². The van der Waals surface area contributed by atoms with Gasteiger partial charge in [-0.25, -0.2) is 5.43 Å². The largest absolute Gasteiger partial charge is 0.271 e. The fourth-order valence-corrected chi connectivity index (χ4v) is 2.36. The molecule has 0 amide bonds. The van der Waals surface area contributed by atoms with Crippen LogP contribution in [0, 0.1) is 6.92 Å². The van der Waals surface area contributed by atoms with E-state index in [1.165, 1.54) is 5.56 Å². The molecule has 0 aliphatic heterocycles. The molecule has 0 fully saturated rings. The Morgan fingerprint density at radius 3 is 2.76 bits per heavy atom.